The molecule has 0 aliphatic rings. The molecule has 0 saturated heterocycles. The van der Waals surface area contributed by atoms with Crippen molar-refractivity contribution in [3.63, 3.8) is 0 Å². The Kier molecular flexibility index (Phi) is 2.46. The summed E-state index contributed by atoms with van der Waals surface area (Å²) >= 11 is 0. The van der Waals surface area contributed by atoms with Crippen molar-refractivity contribution < 1.29 is 5.11 Å². The van der Waals surface area contributed by atoms with Gasteiger partial charge in [0.1, 0.15) is 5.60 Å². The minimum Gasteiger partial charge on any atom is -0.381 e. The second kappa shape index (κ2) is 4.00. The Morgan fingerprint density at radius 1 is 0.944 bits per heavy atom. The maximum Gasteiger partial charge on any atom is 0.112 e. The van der Waals surface area contributed by atoms with Crippen molar-refractivity contribution in [2.45, 2.75) is 12.5 Å². The van der Waals surface area contributed by atoms with E-state index in [-0.39, 0.29) is 0 Å². The van der Waals surface area contributed by atoms with E-state index in [1.807, 2.05) is 67.7 Å². The molecule has 2 N–H and O–H groups in total. The fourth-order valence-corrected chi connectivity index (χ4v) is 2.29. The highest BCUT2D eigenvalue weighted by Gasteiger charge is 2.25. The molecule has 1 heterocycles. The number of aromatic amines is 1. The highest BCUT2D eigenvalue weighted by atomic mass is 16.3. The number of rotatable bonds is 2. The molecule has 3 aromatic rings. The van der Waals surface area contributed by atoms with Gasteiger partial charge in [0.05, 0.1) is 0 Å². The summed E-state index contributed by atoms with van der Waals surface area (Å²) in [5.41, 5.74) is 1.93. The van der Waals surface area contributed by atoms with E-state index in [0.29, 0.717) is 0 Å². The summed E-state index contributed by atoms with van der Waals surface area (Å²) in [7, 11) is 0. The first-order chi connectivity index (χ1) is 8.68. The van der Waals surface area contributed by atoms with Gasteiger partial charge in [0, 0.05) is 11.7 Å². The van der Waals surface area contributed by atoms with Gasteiger partial charge in [0.15, 0.2) is 0 Å². The Morgan fingerprint density at radius 2 is 1.72 bits per heavy atom. The summed E-state index contributed by atoms with van der Waals surface area (Å²) in [6.07, 6.45) is 1.91. The number of hydrogen-bond acceptors (Lipinski definition) is 1. The second-order valence-electron chi connectivity index (χ2n) is 4.72. The molecular formula is C16H15NO. The first-order valence-corrected chi connectivity index (χ1v) is 6.03. The van der Waals surface area contributed by atoms with Crippen LogP contribution >= 0.6 is 0 Å². The molecule has 0 saturated carbocycles. The zero-order valence-electron chi connectivity index (χ0n) is 10.2. The lowest BCUT2D eigenvalue weighted by Crippen LogP contribution is -2.22. The van der Waals surface area contributed by atoms with Crippen molar-refractivity contribution in [3.05, 3.63) is 71.9 Å². The van der Waals surface area contributed by atoms with Crippen molar-refractivity contribution in [2.24, 2.45) is 0 Å². The average Bonchev–Trinajstić information content (AvgIpc) is 2.87. The van der Waals surface area contributed by atoms with Gasteiger partial charge in [0.25, 0.3) is 0 Å². The quantitative estimate of drug-likeness (QED) is 0.704. The topological polar surface area (TPSA) is 36.0 Å². The van der Waals surface area contributed by atoms with Crippen LogP contribution in [-0.4, -0.2) is 10.1 Å². The van der Waals surface area contributed by atoms with E-state index in [4.69, 9.17) is 0 Å². The summed E-state index contributed by atoms with van der Waals surface area (Å²) in [6, 6.07) is 17.7. The molecule has 0 bridgehead atoms. The SMILES string of the molecule is CC(O)(c1ccccc1)c1ccc2[nH]ccc2c1. The molecule has 0 aliphatic heterocycles. The summed E-state index contributed by atoms with van der Waals surface area (Å²) < 4.78 is 0. The zero-order chi connectivity index (χ0) is 12.6. The molecule has 0 fully saturated rings. The molecular weight excluding hydrogens is 222 g/mol. The van der Waals surface area contributed by atoms with Crippen LogP contribution in [0.5, 0.6) is 0 Å². The van der Waals surface area contributed by atoms with Crippen molar-refractivity contribution in [2.75, 3.05) is 0 Å². The van der Waals surface area contributed by atoms with Crippen LogP contribution in [0.1, 0.15) is 18.1 Å². The minimum absolute atomic E-state index is 0.903. The molecule has 2 heteroatoms. The van der Waals surface area contributed by atoms with E-state index in [0.717, 1.165) is 22.0 Å². The van der Waals surface area contributed by atoms with Gasteiger partial charge in [0.2, 0.25) is 0 Å². The average molecular weight is 237 g/mol. The van der Waals surface area contributed by atoms with Crippen molar-refractivity contribution in [1.29, 1.82) is 0 Å². The van der Waals surface area contributed by atoms with Gasteiger partial charge < -0.3 is 10.1 Å². The van der Waals surface area contributed by atoms with E-state index in [1.165, 1.54) is 0 Å². The fourth-order valence-electron chi connectivity index (χ4n) is 2.29. The Morgan fingerprint density at radius 3 is 2.50 bits per heavy atom. The maximum absolute atomic E-state index is 10.7. The molecule has 0 spiro atoms. The fraction of sp³-hybridized carbons (Fsp3) is 0.125. The molecule has 1 aromatic heterocycles. The molecule has 90 valence electrons. The molecule has 2 aromatic carbocycles. The number of nitrogens with one attached hydrogen (secondary N) is 1. The first kappa shape index (κ1) is 11.1. The van der Waals surface area contributed by atoms with Gasteiger partial charge >= 0.3 is 0 Å². The molecule has 18 heavy (non-hydrogen) atoms. The normalized spacial score (nSPS) is 14.6. The van der Waals surface area contributed by atoms with Crippen LogP contribution in [0.2, 0.25) is 0 Å². The van der Waals surface area contributed by atoms with Crippen molar-refractivity contribution in [3.8, 4) is 0 Å². The lowest BCUT2D eigenvalue weighted by Gasteiger charge is -2.24. The van der Waals surface area contributed by atoms with Crippen molar-refractivity contribution >= 4 is 10.9 Å². The maximum atomic E-state index is 10.7. The molecule has 2 nitrogen and oxygen atoms in total. The Balaban J connectivity index is 2.12. The number of H-pyrrole nitrogens is 1. The van der Waals surface area contributed by atoms with E-state index in [9.17, 15) is 5.11 Å². The zero-order valence-corrected chi connectivity index (χ0v) is 10.2. The standard InChI is InChI=1S/C16H15NO/c1-16(18,13-5-3-2-4-6-13)14-7-8-15-12(11-14)9-10-17-15/h2-11,17-18H,1H3. The summed E-state index contributed by atoms with van der Waals surface area (Å²) in [5.74, 6) is 0. The predicted molar refractivity (Wildman–Crippen MR) is 73.4 cm³/mol. The molecule has 0 radical (unpaired) electrons. The van der Waals surface area contributed by atoms with Gasteiger partial charge in [-0.1, -0.05) is 36.4 Å². The number of aromatic nitrogens is 1. The Labute approximate surface area is 106 Å². The highest BCUT2D eigenvalue weighted by molar-refractivity contribution is 5.80. The third-order valence-electron chi connectivity index (χ3n) is 3.45. The lowest BCUT2D eigenvalue weighted by molar-refractivity contribution is 0.102. The van der Waals surface area contributed by atoms with Crippen LogP contribution < -0.4 is 0 Å². The molecule has 3 rings (SSSR count). The molecule has 0 amide bonds. The number of benzene rings is 2. The second-order valence-corrected chi connectivity index (χ2v) is 4.72. The molecule has 1 unspecified atom stereocenters. The largest absolute Gasteiger partial charge is 0.381 e. The van der Waals surface area contributed by atoms with Crippen molar-refractivity contribution in [1.82, 2.24) is 4.98 Å². The molecule has 1 atom stereocenters. The summed E-state index contributed by atoms with van der Waals surface area (Å²) in [4.78, 5) is 3.16. The predicted octanol–water partition coefficient (Wildman–Crippen LogP) is 3.42. The van der Waals surface area contributed by atoms with Gasteiger partial charge in [-0.3, -0.25) is 0 Å². The van der Waals surface area contributed by atoms with Crippen LogP contribution in [0.3, 0.4) is 0 Å². The summed E-state index contributed by atoms with van der Waals surface area (Å²) in [6.45, 7) is 1.83. The van der Waals surface area contributed by atoms with Gasteiger partial charge in [-0.25, -0.2) is 0 Å². The number of fused-ring (bicyclic) bond motifs is 1. The summed E-state index contributed by atoms with van der Waals surface area (Å²) in [5, 5.41) is 11.9. The smallest absolute Gasteiger partial charge is 0.112 e. The monoisotopic (exact) mass is 237 g/mol. The first-order valence-electron chi connectivity index (χ1n) is 6.03. The Hall–Kier alpha value is -2.06. The van der Waals surface area contributed by atoms with Gasteiger partial charge in [-0.05, 0) is 41.6 Å². The van der Waals surface area contributed by atoms with Crippen LogP contribution in [0.25, 0.3) is 10.9 Å². The number of hydrogen-bond donors (Lipinski definition) is 2. The van der Waals surface area contributed by atoms with E-state index >= 15 is 0 Å². The van der Waals surface area contributed by atoms with Crippen LogP contribution in [-0.2, 0) is 5.60 Å². The van der Waals surface area contributed by atoms with E-state index in [1.54, 1.807) is 0 Å². The van der Waals surface area contributed by atoms with Crippen LogP contribution in [0, 0.1) is 0 Å². The van der Waals surface area contributed by atoms with Crippen LogP contribution in [0.15, 0.2) is 60.8 Å². The third kappa shape index (κ3) is 1.71. The lowest BCUT2D eigenvalue weighted by atomic mass is 9.88. The Bertz CT molecular complexity index is 668. The number of aliphatic hydroxyl groups is 1. The highest BCUT2D eigenvalue weighted by Crippen LogP contribution is 2.30. The minimum atomic E-state index is -0.966. The van der Waals surface area contributed by atoms with Crippen LogP contribution in [0.4, 0.5) is 0 Å². The third-order valence-corrected chi connectivity index (χ3v) is 3.45. The van der Waals surface area contributed by atoms with Gasteiger partial charge in [-0.15, -0.1) is 0 Å². The van der Waals surface area contributed by atoms with E-state index in [2.05, 4.69) is 4.98 Å². The van der Waals surface area contributed by atoms with Gasteiger partial charge in [-0.2, -0.15) is 0 Å². The van der Waals surface area contributed by atoms with E-state index < -0.39 is 5.60 Å². The molecule has 0 aliphatic carbocycles.